The third kappa shape index (κ3) is 4.99. The van der Waals surface area contributed by atoms with Crippen LogP contribution in [-0.4, -0.2) is 11.6 Å². The Morgan fingerprint density at radius 1 is 1.14 bits per heavy atom. The van der Waals surface area contributed by atoms with Gasteiger partial charge in [0.2, 0.25) is 0 Å². The SMILES string of the molecule is CCCCC1CCC(c2ccc(-c3ccc(Cl)c(F)c3OC(F)F)nc2)CC1. The van der Waals surface area contributed by atoms with Gasteiger partial charge in [0, 0.05) is 11.8 Å². The van der Waals surface area contributed by atoms with E-state index in [4.69, 9.17) is 11.6 Å². The summed E-state index contributed by atoms with van der Waals surface area (Å²) in [5.74, 6) is -0.275. The van der Waals surface area contributed by atoms with Crippen molar-refractivity contribution in [1.82, 2.24) is 4.98 Å². The quantitative estimate of drug-likeness (QED) is 0.467. The number of unbranched alkanes of at least 4 members (excludes halogenated alkanes) is 1. The van der Waals surface area contributed by atoms with Gasteiger partial charge in [-0.2, -0.15) is 8.78 Å². The van der Waals surface area contributed by atoms with E-state index in [9.17, 15) is 13.2 Å². The van der Waals surface area contributed by atoms with Gasteiger partial charge in [-0.15, -0.1) is 0 Å². The number of alkyl halides is 2. The van der Waals surface area contributed by atoms with Crippen molar-refractivity contribution in [2.24, 2.45) is 5.92 Å². The molecule has 6 heteroatoms. The molecule has 0 unspecified atom stereocenters. The van der Waals surface area contributed by atoms with Gasteiger partial charge in [0.1, 0.15) is 0 Å². The Kier molecular flexibility index (Phi) is 7.22. The fourth-order valence-corrected chi connectivity index (χ4v) is 4.17. The van der Waals surface area contributed by atoms with Crippen molar-refractivity contribution in [2.75, 3.05) is 0 Å². The van der Waals surface area contributed by atoms with Gasteiger partial charge in [0.05, 0.1) is 10.7 Å². The summed E-state index contributed by atoms with van der Waals surface area (Å²) < 4.78 is 43.9. The van der Waals surface area contributed by atoms with E-state index in [2.05, 4.69) is 16.6 Å². The second-order valence-corrected chi connectivity index (χ2v) is 7.86. The fraction of sp³-hybridized carbons (Fsp3) is 0.500. The van der Waals surface area contributed by atoms with Crippen LogP contribution in [0.15, 0.2) is 30.5 Å². The number of aromatic nitrogens is 1. The maximum Gasteiger partial charge on any atom is 0.387 e. The largest absolute Gasteiger partial charge is 0.431 e. The smallest absolute Gasteiger partial charge is 0.387 e. The van der Waals surface area contributed by atoms with Gasteiger partial charge in [0.15, 0.2) is 11.6 Å². The third-order valence-corrected chi connectivity index (χ3v) is 5.90. The van der Waals surface area contributed by atoms with Crippen LogP contribution < -0.4 is 4.74 Å². The molecule has 1 fully saturated rings. The molecule has 28 heavy (non-hydrogen) atoms. The Morgan fingerprint density at radius 3 is 2.50 bits per heavy atom. The molecule has 1 aliphatic rings. The molecule has 0 amide bonds. The minimum Gasteiger partial charge on any atom is -0.431 e. The van der Waals surface area contributed by atoms with Gasteiger partial charge < -0.3 is 4.74 Å². The van der Waals surface area contributed by atoms with Crippen LogP contribution in [-0.2, 0) is 0 Å². The number of halogens is 4. The van der Waals surface area contributed by atoms with Gasteiger partial charge in [0.25, 0.3) is 0 Å². The van der Waals surface area contributed by atoms with Crippen LogP contribution in [0.1, 0.15) is 63.4 Å². The second-order valence-electron chi connectivity index (χ2n) is 7.45. The minimum absolute atomic E-state index is 0.164. The number of nitrogens with zero attached hydrogens (tertiary/aromatic N) is 1. The zero-order valence-electron chi connectivity index (χ0n) is 15.9. The summed E-state index contributed by atoms with van der Waals surface area (Å²) in [4.78, 5) is 4.40. The lowest BCUT2D eigenvalue weighted by atomic mass is 9.77. The number of hydrogen-bond acceptors (Lipinski definition) is 2. The highest BCUT2D eigenvalue weighted by atomic mass is 35.5. The van der Waals surface area contributed by atoms with Gasteiger partial charge in [-0.1, -0.05) is 43.9 Å². The molecule has 0 aliphatic heterocycles. The summed E-state index contributed by atoms with van der Waals surface area (Å²) >= 11 is 5.71. The summed E-state index contributed by atoms with van der Waals surface area (Å²) in [6.45, 7) is -0.919. The van der Waals surface area contributed by atoms with E-state index in [1.54, 1.807) is 12.3 Å². The van der Waals surface area contributed by atoms with E-state index in [1.807, 2.05) is 6.07 Å². The molecular weight excluding hydrogens is 387 g/mol. The zero-order valence-corrected chi connectivity index (χ0v) is 16.7. The highest BCUT2D eigenvalue weighted by Crippen LogP contribution is 2.39. The first-order chi connectivity index (χ1) is 13.5. The van der Waals surface area contributed by atoms with Crippen LogP contribution in [0.25, 0.3) is 11.3 Å². The fourth-order valence-electron chi connectivity index (χ4n) is 4.02. The minimum atomic E-state index is -3.14. The lowest BCUT2D eigenvalue weighted by Crippen LogP contribution is -2.13. The Morgan fingerprint density at radius 2 is 1.89 bits per heavy atom. The van der Waals surface area contributed by atoms with Gasteiger partial charge >= 0.3 is 6.61 Å². The van der Waals surface area contributed by atoms with E-state index in [0.717, 1.165) is 24.3 Å². The van der Waals surface area contributed by atoms with E-state index in [-0.39, 0.29) is 10.6 Å². The first-order valence-corrected chi connectivity index (χ1v) is 10.3. The number of ether oxygens (including phenoxy) is 1. The summed E-state index contributed by atoms with van der Waals surface area (Å²) in [5.41, 5.74) is 1.69. The number of pyridine rings is 1. The lowest BCUT2D eigenvalue weighted by molar-refractivity contribution is -0.0517. The van der Waals surface area contributed by atoms with Crippen molar-refractivity contribution in [2.45, 2.75) is 64.4 Å². The first-order valence-electron chi connectivity index (χ1n) is 9.88. The van der Waals surface area contributed by atoms with Crippen LogP contribution in [0.3, 0.4) is 0 Å². The monoisotopic (exact) mass is 411 g/mol. The average molecular weight is 412 g/mol. The molecule has 2 nitrogen and oxygen atoms in total. The van der Waals surface area contributed by atoms with Crippen LogP contribution >= 0.6 is 11.6 Å². The average Bonchev–Trinajstić information content (AvgIpc) is 2.70. The zero-order chi connectivity index (χ0) is 20.1. The Hall–Kier alpha value is -1.75. The van der Waals surface area contributed by atoms with Crippen LogP contribution in [0.2, 0.25) is 5.02 Å². The van der Waals surface area contributed by atoms with Crippen molar-refractivity contribution < 1.29 is 17.9 Å². The molecule has 0 radical (unpaired) electrons. The Bertz CT molecular complexity index is 774. The summed E-state index contributed by atoms with van der Waals surface area (Å²) in [5, 5.41) is -0.268. The molecule has 1 heterocycles. The third-order valence-electron chi connectivity index (χ3n) is 5.60. The normalized spacial score (nSPS) is 19.8. The molecule has 0 saturated heterocycles. The molecular formula is C22H25ClF3NO. The van der Waals surface area contributed by atoms with Crippen molar-refractivity contribution in [3.63, 3.8) is 0 Å². The summed E-state index contributed by atoms with van der Waals surface area (Å²) in [7, 11) is 0. The lowest BCUT2D eigenvalue weighted by Gasteiger charge is -2.28. The maximum atomic E-state index is 14.2. The predicted octanol–water partition coefficient (Wildman–Crippen LogP) is 7.61. The molecule has 1 aromatic carbocycles. The van der Waals surface area contributed by atoms with E-state index >= 15 is 0 Å². The van der Waals surface area contributed by atoms with E-state index in [0.29, 0.717) is 11.6 Å². The highest BCUT2D eigenvalue weighted by molar-refractivity contribution is 6.31. The Balaban J connectivity index is 1.74. The van der Waals surface area contributed by atoms with Crippen LogP contribution in [0.4, 0.5) is 13.2 Å². The standard InChI is InChI=1S/C22H25ClF3NO/c1-2-3-4-14-5-7-15(8-6-14)16-9-12-19(27-13-16)17-10-11-18(23)20(24)21(17)28-22(25)26/h9-15,22H,2-8H2,1H3. The van der Waals surface area contributed by atoms with Crippen LogP contribution in [0.5, 0.6) is 5.75 Å². The van der Waals surface area contributed by atoms with Crippen molar-refractivity contribution in [3.8, 4) is 17.0 Å². The van der Waals surface area contributed by atoms with E-state index in [1.165, 1.54) is 44.2 Å². The van der Waals surface area contributed by atoms with Gasteiger partial charge in [-0.3, -0.25) is 4.98 Å². The molecule has 1 aliphatic carbocycles. The van der Waals surface area contributed by atoms with Gasteiger partial charge in [-0.25, -0.2) is 4.39 Å². The molecule has 1 saturated carbocycles. The summed E-state index contributed by atoms with van der Waals surface area (Å²) in [6, 6.07) is 6.46. The Labute approximate surface area is 169 Å². The molecule has 0 atom stereocenters. The van der Waals surface area contributed by atoms with Crippen molar-refractivity contribution in [3.05, 3.63) is 46.9 Å². The van der Waals surface area contributed by atoms with E-state index < -0.39 is 18.2 Å². The summed E-state index contributed by atoms with van der Waals surface area (Å²) in [6.07, 6.45) is 10.4. The number of hydrogen-bond donors (Lipinski definition) is 0. The van der Waals surface area contributed by atoms with Crippen molar-refractivity contribution in [1.29, 1.82) is 0 Å². The number of benzene rings is 1. The molecule has 1 aromatic heterocycles. The molecule has 152 valence electrons. The molecule has 0 N–H and O–H groups in total. The number of rotatable bonds is 7. The first kappa shape index (κ1) is 21.0. The molecule has 2 aromatic rings. The second kappa shape index (κ2) is 9.64. The van der Waals surface area contributed by atoms with Gasteiger partial charge in [-0.05, 0) is 61.3 Å². The van der Waals surface area contributed by atoms with Crippen LogP contribution in [0, 0.1) is 11.7 Å². The van der Waals surface area contributed by atoms with Crippen molar-refractivity contribution >= 4 is 11.6 Å². The molecule has 0 spiro atoms. The molecule has 3 rings (SSSR count). The molecule has 0 bridgehead atoms. The highest BCUT2D eigenvalue weighted by Gasteiger charge is 2.23. The topological polar surface area (TPSA) is 22.1 Å². The maximum absolute atomic E-state index is 14.2. The predicted molar refractivity (Wildman–Crippen MR) is 105 cm³/mol.